The number of nitrogens with zero attached hydrogens (tertiary/aromatic N) is 5. The average Bonchev–Trinajstić information content (AvgIpc) is 2.94. The number of rotatable bonds is 2. The highest BCUT2D eigenvalue weighted by atomic mass is 15.3. The summed E-state index contributed by atoms with van der Waals surface area (Å²) in [7, 11) is 0. The van der Waals surface area contributed by atoms with Crippen LogP contribution in [-0.2, 0) is 5.41 Å². The highest BCUT2D eigenvalue weighted by molar-refractivity contribution is 5.76. The van der Waals surface area contributed by atoms with Crippen molar-refractivity contribution in [1.82, 2.24) is 14.5 Å². The molecule has 3 heterocycles. The molecule has 1 aliphatic heterocycles. The number of imidazole rings is 1. The Balaban J connectivity index is 1.70. The largest absolute Gasteiger partial charge is 0.351 e. The Labute approximate surface area is 147 Å². The lowest BCUT2D eigenvalue weighted by atomic mass is 9.94. The molecule has 0 N–H and O–H groups in total. The molecule has 0 amide bonds. The van der Waals surface area contributed by atoms with E-state index in [0.29, 0.717) is 11.6 Å². The van der Waals surface area contributed by atoms with Gasteiger partial charge >= 0.3 is 0 Å². The summed E-state index contributed by atoms with van der Waals surface area (Å²) in [5, 5.41) is 9.30. The van der Waals surface area contributed by atoms with Gasteiger partial charge in [-0.1, -0.05) is 32.9 Å². The molecular formula is C20H21N5. The third-order valence-corrected chi connectivity index (χ3v) is 4.70. The van der Waals surface area contributed by atoms with Gasteiger partial charge in [-0.25, -0.2) is 9.97 Å². The second-order valence-corrected chi connectivity index (χ2v) is 7.59. The van der Waals surface area contributed by atoms with Crippen molar-refractivity contribution in [1.29, 1.82) is 5.26 Å². The fraction of sp³-hybridized carbons (Fsp3) is 0.350. The SMILES string of the molecule is CC(C)(C)c1nc2ccccc2n1C1CN(c2ncccc2C#N)C1. The van der Waals surface area contributed by atoms with E-state index in [2.05, 4.69) is 59.5 Å². The van der Waals surface area contributed by atoms with Crippen LogP contribution in [-0.4, -0.2) is 27.6 Å². The Morgan fingerprint density at radius 1 is 1.12 bits per heavy atom. The predicted molar refractivity (Wildman–Crippen MR) is 98.6 cm³/mol. The van der Waals surface area contributed by atoms with Gasteiger partial charge < -0.3 is 9.47 Å². The van der Waals surface area contributed by atoms with Gasteiger partial charge in [0.1, 0.15) is 17.7 Å². The number of pyridine rings is 1. The molecule has 1 fully saturated rings. The molecule has 0 spiro atoms. The van der Waals surface area contributed by atoms with Gasteiger partial charge in [0.05, 0.1) is 22.6 Å². The van der Waals surface area contributed by atoms with Gasteiger partial charge in [0.15, 0.2) is 0 Å². The molecule has 1 aromatic carbocycles. The molecule has 0 radical (unpaired) electrons. The van der Waals surface area contributed by atoms with E-state index in [1.54, 1.807) is 12.3 Å². The molecule has 0 bridgehead atoms. The smallest absolute Gasteiger partial charge is 0.146 e. The predicted octanol–water partition coefficient (Wildman–Crippen LogP) is 3.66. The van der Waals surface area contributed by atoms with E-state index >= 15 is 0 Å². The summed E-state index contributed by atoms with van der Waals surface area (Å²) >= 11 is 0. The van der Waals surface area contributed by atoms with Crippen molar-refractivity contribution < 1.29 is 0 Å². The monoisotopic (exact) mass is 331 g/mol. The van der Waals surface area contributed by atoms with Gasteiger partial charge in [-0.15, -0.1) is 0 Å². The number of hydrogen-bond acceptors (Lipinski definition) is 4. The van der Waals surface area contributed by atoms with Gasteiger partial charge in [0.2, 0.25) is 0 Å². The number of benzene rings is 1. The fourth-order valence-electron chi connectivity index (χ4n) is 3.47. The van der Waals surface area contributed by atoms with E-state index in [1.165, 1.54) is 5.52 Å². The number of para-hydroxylation sites is 2. The summed E-state index contributed by atoms with van der Waals surface area (Å²) in [5.74, 6) is 1.89. The van der Waals surface area contributed by atoms with Crippen molar-refractivity contribution >= 4 is 16.9 Å². The van der Waals surface area contributed by atoms with Gasteiger partial charge in [0, 0.05) is 24.7 Å². The van der Waals surface area contributed by atoms with E-state index in [1.807, 2.05) is 12.1 Å². The topological polar surface area (TPSA) is 57.7 Å². The van der Waals surface area contributed by atoms with E-state index in [0.717, 1.165) is 30.2 Å². The molecule has 0 unspecified atom stereocenters. The molecule has 1 aliphatic rings. The quantitative estimate of drug-likeness (QED) is 0.719. The number of fused-ring (bicyclic) bond motifs is 1. The second kappa shape index (κ2) is 5.59. The van der Waals surface area contributed by atoms with Crippen molar-refractivity contribution in [2.45, 2.75) is 32.2 Å². The van der Waals surface area contributed by atoms with Crippen molar-refractivity contribution in [3.05, 3.63) is 54.0 Å². The molecule has 126 valence electrons. The first-order chi connectivity index (χ1) is 12.0. The summed E-state index contributed by atoms with van der Waals surface area (Å²) < 4.78 is 2.38. The maximum absolute atomic E-state index is 9.30. The van der Waals surface area contributed by atoms with Gasteiger partial charge in [-0.3, -0.25) is 0 Å². The van der Waals surface area contributed by atoms with Crippen LogP contribution in [0.1, 0.15) is 38.2 Å². The normalized spacial score (nSPS) is 15.2. The molecule has 5 heteroatoms. The Morgan fingerprint density at radius 3 is 2.60 bits per heavy atom. The van der Waals surface area contributed by atoms with E-state index in [-0.39, 0.29) is 5.41 Å². The minimum atomic E-state index is -0.0255. The molecular weight excluding hydrogens is 310 g/mol. The van der Waals surface area contributed by atoms with Gasteiger partial charge in [0.25, 0.3) is 0 Å². The van der Waals surface area contributed by atoms with Crippen molar-refractivity contribution in [2.24, 2.45) is 0 Å². The summed E-state index contributed by atoms with van der Waals surface area (Å²) in [5.41, 5.74) is 2.83. The van der Waals surface area contributed by atoms with Crippen LogP contribution >= 0.6 is 0 Å². The number of hydrogen-bond donors (Lipinski definition) is 0. The zero-order valence-corrected chi connectivity index (χ0v) is 14.8. The van der Waals surface area contributed by atoms with Crippen LogP contribution in [0.15, 0.2) is 42.6 Å². The van der Waals surface area contributed by atoms with E-state index in [9.17, 15) is 5.26 Å². The molecule has 25 heavy (non-hydrogen) atoms. The van der Waals surface area contributed by atoms with Crippen LogP contribution in [0.5, 0.6) is 0 Å². The second-order valence-electron chi connectivity index (χ2n) is 7.59. The zero-order valence-electron chi connectivity index (χ0n) is 14.8. The number of anilines is 1. The molecule has 0 aliphatic carbocycles. The Kier molecular flexibility index (Phi) is 3.50. The fourth-order valence-corrected chi connectivity index (χ4v) is 3.47. The Bertz CT molecular complexity index is 968. The first-order valence-electron chi connectivity index (χ1n) is 8.56. The van der Waals surface area contributed by atoms with Crippen LogP contribution in [0.25, 0.3) is 11.0 Å². The molecule has 4 rings (SSSR count). The molecule has 1 saturated heterocycles. The molecule has 5 nitrogen and oxygen atoms in total. The minimum absolute atomic E-state index is 0.0255. The maximum atomic E-state index is 9.30. The Morgan fingerprint density at radius 2 is 1.88 bits per heavy atom. The third-order valence-electron chi connectivity index (χ3n) is 4.70. The van der Waals surface area contributed by atoms with Crippen LogP contribution in [0.3, 0.4) is 0 Å². The highest BCUT2D eigenvalue weighted by Gasteiger charge is 2.35. The molecule has 2 aromatic heterocycles. The summed E-state index contributed by atoms with van der Waals surface area (Å²) in [6, 6.07) is 14.5. The van der Waals surface area contributed by atoms with Gasteiger partial charge in [-0.2, -0.15) is 5.26 Å². The number of nitriles is 1. The first kappa shape index (κ1) is 15.6. The van der Waals surface area contributed by atoms with Gasteiger partial charge in [-0.05, 0) is 24.3 Å². The molecule has 0 atom stereocenters. The van der Waals surface area contributed by atoms with Crippen LogP contribution in [0, 0.1) is 11.3 Å². The number of aromatic nitrogens is 3. The molecule has 3 aromatic rings. The zero-order chi connectivity index (χ0) is 17.6. The highest BCUT2D eigenvalue weighted by Crippen LogP contribution is 2.35. The first-order valence-corrected chi connectivity index (χ1v) is 8.56. The van der Waals surface area contributed by atoms with Crippen molar-refractivity contribution in [2.75, 3.05) is 18.0 Å². The van der Waals surface area contributed by atoms with Crippen molar-refractivity contribution in [3.63, 3.8) is 0 Å². The lowest BCUT2D eigenvalue weighted by Crippen LogP contribution is -2.49. The minimum Gasteiger partial charge on any atom is -0.351 e. The summed E-state index contributed by atoms with van der Waals surface area (Å²) in [6.07, 6.45) is 1.75. The Hall–Kier alpha value is -2.87. The third kappa shape index (κ3) is 2.54. The van der Waals surface area contributed by atoms with E-state index < -0.39 is 0 Å². The molecule has 0 saturated carbocycles. The maximum Gasteiger partial charge on any atom is 0.146 e. The van der Waals surface area contributed by atoms with Crippen LogP contribution in [0.2, 0.25) is 0 Å². The summed E-state index contributed by atoms with van der Waals surface area (Å²) in [4.78, 5) is 11.5. The van der Waals surface area contributed by atoms with Crippen molar-refractivity contribution in [3.8, 4) is 6.07 Å². The van der Waals surface area contributed by atoms with Crippen LogP contribution in [0.4, 0.5) is 5.82 Å². The average molecular weight is 331 g/mol. The standard InChI is InChI=1S/C20H21N5/c1-20(2,3)19-23-16-8-4-5-9-17(16)25(19)15-12-24(13-15)18-14(11-21)7-6-10-22-18/h4-10,15H,12-13H2,1-3H3. The lowest BCUT2D eigenvalue weighted by molar-refractivity contribution is 0.371. The summed E-state index contributed by atoms with van der Waals surface area (Å²) in [6.45, 7) is 8.29. The van der Waals surface area contributed by atoms with Crippen LogP contribution < -0.4 is 4.90 Å². The lowest BCUT2D eigenvalue weighted by Gasteiger charge is -2.42. The van der Waals surface area contributed by atoms with E-state index in [4.69, 9.17) is 4.98 Å².